The van der Waals surface area contributed by atoms with Crippen molar-refractivity contribution in [1.82, 2.24) is 19.3 Å². The molecule has 1 fully saturated rings. The number of carbonyl (C=O) groups excluding carboxylic acids is 1. The van der Waals surface area contributed by atoms with Crippen LogP contribution in [0.1, 0.15) is 31.4 Å². The first-order valence-corrected chi connectivity index (χ1v) is 12.1. The number of carbonyl (C=O) groups is 1. The van der Waals surface area contributed by atoms with Crippen LogP contribution in [0.5, 0.6) is 0 Å². The molecule has 3 rings (SSSR count). The molecule has 0 spiro atoms. The van der Waals surface area contributed by atoms with Crippen molar-refractivity contribution in [2.24, 2.45) is 9.74 Å². The third kappa shape index (κ3) is 5.45. The Morgan fingerprint density at radius 2 is 2.13 bits per heavy atom. The number of benzene rings is 1. The van der Waals surface area contributed by atoms with Gasteiger partial charge in [-0.3, -0.25) is 4.79 Å². The quantitative estimate of drug-likeness (QED) is 0.270. The van der Waals surface area contributed by atoms with Crippen LogP contribution in [-0.4, -0.2) is 48.4 Å². The van der Waals surface area contributed by atoms with Crippen LogP contribution in [0.15, 0.2) is 46.5 Å². The van der Waals surface area contributed by atoms with E-state index in [1.807, 2.05) is 28.8 Å². The molecule has 0 radical (unpaired) electrons. The molecule has 2 aromatic rings. The van der Waals surface area contributed by atoms with Crippen molar-refractivity contribution >= 4 is 25.9 Å². The Balaban J connectivity index is 1.73. The number of ether oxygens (including phenoxy) is 1. The van der Waals surface area contributed by atoms with Gasteiger partial charge in [0.1, 0.15) is 11.0 Å². The van der Waals surface area contributed by atoms with Crippen molar-refractivity contribution in [1.29, 1.82) is 0 Å². The van der Waals surface area contributed by atoms with Gasteiger partial charge >= 0.3 is 0 Å². The number of imidazole rings is 1. The van der Waals surface area contributed by atoms with Crippen molar-refractivity contribution in [2.45, 2.75) is 32.4 Å². The van der Waals surface area contributed by atoms with Crippen molar-refractivity contribution in [3.63, 3.8) is 0 Å². The molecule has 162 valence electrons. The predicted molar refractivity (Wildman–Crippen MR) is 113 cm³/mol. The fourth-order valence-corrected chi connectivity index (χ4v) is 5.62. The van der Waals surface area contributed by atoms with Crippen LogP contribution in [0.25, 0.3) is 11.3 Å². The molecule has 0 saturated carbocycles. The maximum atomic E-state index is 12.7. The molecule has 1 N–H and O–H groups in total. The van der Waals surface area contributed by atoms with Crippen LogP contribution in [0, 0.1) is 0 Å². The first-order valence-electron chi connectivity index (χ1n) is 9.39. The van der Waals surface area contributed by atoms with Gasteiger partial charge in [0.05, 0.1) is 30.9 Å². The lowest BCUT2D eigenvalue weighted by molar-refractivity contribution is -0.119. The first-order chi connectivity index (χ1) is 14.4. The summed E-state index contributed by atoms with van der Waals surface area (Å²) in [5.41, 5.74) is 4.98. The van der Waals surface area contributed by atoms with E-state index in [0.717, 1.165) is 29.7 Å². The summed E-state index contributed by atoms with van der Waals surface area (Å²) >= 11 is 0. The number of nitrogens with zero attached hydrogens (tertiary/aromatic N) is 5. The maximum Gasteiger partial charge on any atom is 0.290 e. The van der Waals surface area contributed by atoms with E-state index in [1.165, 1.54) is 11.2 Å². The van der Waals surface area contributed by atoms with Gasteiger partial charge in [-0.25, -0.2) is 10.4 Å². The zero-order chi connectivity index (χ0) is 21.6. The lowest BCUT2D eigenvalue weighted by Gasteiger charge is -2.22. The van der Waals surface area contributed by atoms with E-state index in [4.69, 9.17) is 4.74 Å². The number of rotatable bonds is 9. The van der Waals surface area contributed by atoms with E-state index in [2.05, 4.69) is 20.2 Å². The summed E-state index contributed by atoms with van der Waals surface area (Å²) in [7, 11) is -1.71. The van der Waals surface area contributed by atoms with Crippen LogP contribution in [0.3, 0.4) is 0 Å². The van der Waals surface area contributed by atoms with Crippen molar-refractivity contribution in [3.05, 3.63) is 42.4 Å². The highest BCUT2D eigenvalue weighted by Crippen LogP contribution is 2.38. The van der Waals surface area contributed by atoms with Crippen LogP contribution in [0.4, 0.5) is 0 Å². The molecule has 1 aromatic heterocycles. The molecule has 0 aliphatic carbocycles. The van der Waals surface area contributed by atoms with E-state index < -0.39 is 15.0 Å². The number of methoxy groups -OCH3 is 1. The normalized spacial score (nSPS) is 17.6. The molecule has 30 heavy (non-hydrogen) atoms. The van der Waals surface area contributed by atoms with Gasteiger partial charge in [0.2, 0.25) is 5.91 Å². The minimum absolute atomic E-state index is 0.258. The summed E-state index contributed by atoms with van der Waals surface area (Å²) in [6.45, 7) is 2.98. The number of amides is 1. The van der Waals surface area contributed by atoms with Crippen molar-refractivity contribution in [3.8, 4) is 11.3 Å². The van der Waals surface area contributed by atoms with Gasteiger partial charge in [0, 0.05) is 27.1 Å². The van der Waals surface area contributed by atoms with Crippen LogP contribution in [0.2, 0.25) is 0 Å². The molecule has 1 unspecified atom stereocenters. The molecule has 1 aliphatic heterocycles. The van der Waals surface area contributed by atoms with Gasteiger partial charge in [-0.1, -0.05) is 34.0 Å². The molecule has 1 aliphatic rings. The Hall–Kier alpha value is -2.28. The van der Waals surface area contributed by atoms with Gasteiger partial charge in [-0.2, -0.15) is 12.7 Å². The summed E-state index contributed by atoms with van der Waals surface area (Å²) in [4.78, 5) is 15.0. The van der Waals surface area contributed by atoms with Crippen molar-refractivity contribution in [2.75, 3.05) is 20.3 Å². The van der Waals surface area contributed by atoms with Crippen LogP contribution >= 0.6 is 11.0 Å². The van der Waals surface area contributed by atoms with E-state index in [9.17, 15) is 13.2 Å². The standard InChI is InChI=1S/C18H24N6O4S2/c1-14(25)20-21-22-29-30(26,27)24-9-3-4-17(24)15-5-7-16(8-6-15)18-12-19-13-23(18)10-11-28-2/h5-8,12-13,17H,3-4,9-11H2,1-2H3,(H,20,22,25). The molecule has 10 nitrogen and oxygen atoms in total. The number of nitrogens with one attached hydrogen (secondary N) is 1. The van der Waals surface area contributed by atoms with Crippen LogP contribution in [-0.2, 0) is 25.1 Å². The van der Waals surface area contributed by atoms with E-state index >= 15 is 0 Å². The molecule has 0 bridgehead atoms. The average Bonchev–Trinajstić information content (AvgIpc) is 3.39. The fourth-order valence-electron chi connectivity index (χ4n) is 3.34. The molecule has 2 heterocycles. The second kappa shape index (κ2) is 10.2. The lowest BCUT2D eigenvalue weighted by Crippen LogP contribution is -2.27. The minimum Gasteiger partial charge on any atom is -0.383 e. The average molecular weight is 453 g/mol. The highest BCUT2D eigenvalue weighted by Gasteiger charge is 2.36. The van der Waals surface area contributed by atoms with Gasteiger partial charge < -0.3 is 9.30 Å². The van der Waals surface area contributed by atoms with E-state index in [-0.39, 0.29) is 6.04 Å². The van der Waals surface area contributed by atoms with Gasteiger partial charge in [-0.05, 0) is 24.0 Å². The molecule has 1 atom stereocenters. The monoisotopic (exact) mass is 452 g/mol. The van der Waals surface area contributed by atoms with Crippen molar-refractivity contribution < 1.29 is 17.9 Å². The molecule has 1 aromatic carbocycles. The molecule has 1 saturated heterocycles. The smallest absolute Gasteiger partial charge is 0.290 e. The van der Waals surface area contributed by atoms with Gasteiger partial charge in [0.15, 0.2) is 0 Å². The highest BCUT2D eigenvalue weighted by molar-refractivity contribution is 8.70. The van der Waals surface area contributed by atoms with Gasteiger partial charge in [-0.15, -0.1) is 0 Å². The van der Waals surface area contributed by atoms with Crippen LogP contribution < -0.4 is 5.43 Å². The second-order valence-corrected chi connectivity index (χ2v) is 10.1. The molecule has 1 amide bonds. The topological polar surface area (TPSA) is 118 Å². The Kier molecular flexibility index (Phi) is 7.58. The second-order valence-electron chi connectivity index (χ2n) is 6.74. The van der Waals surface area contributed by atoms with Gasteiger partial charge in [0.25, 0.3) is 9.06 Å². The summed E-state index contributed by atoms with van der Waals surface area (Å²) < 4.78 is 37.4. The largest absolute Gasteiger partial charge is 0.383 e. The van der Waals surface area contributed by atoms with E-state index in [0.29, 0.717) is 30.7 Å². The molecular formula is C18H24N6O4S2. The number of hydrogen-bond donors (Lipinski definition) is 1. The third-order valence-electron chi connectivity index (χ3n) is 4.71. The minimum atomic E-state index is -3.72. The molecule has 12 heteroatoms. The molecular weight excluding hydrogens is 428 g/mol. The maximum absolute atomic E-state index is 12.7. The predicted octanol–water partition coefficient (Wildman–Crippen LogP) is 2.73. The fraction of sp³-hybridized carbons (Fsp3) is 0.444. The Morgan fingerprint density at radius 3 is 2.83 bits per heavy atom. The summed E-state index contributed by atoms with van der Waals surface area (Å²) in [5.74, 6) is -0.417. The Labute approximate surface area is 179 Å². The zero-order valence-electron chi connectivity index (χ0n) is 16.8. The van der Waals surface area contributed by atoms with E-state index in [1.54, 1.807) is 19.6 Å². The Bertz CT molecular complexity index is 990. The summed E-state index contributed by atoms with van der Waals surface area (Å²) in [5, 5.41) is 3.36. The summed E-state index contributed by atoms with van der Waals surface area (Å²) in [6, 6.07) is 7.59. The SMILES string of the molecule is COCCn1cncc1-c1ccc(C2CCCN2S(=O)(=O)SN=NNC(C)=O)cc1. The Morgan fingerprint density at radius 1 is 1.37 bits per heavy atom. The summed E-state index contributed by atoms with van der Waals surface area (Å²) in [6.07, 6.45) is 5.06. The lowest BCUT2D eigenvalue weighted by atomic mass is 10.0. The number of aromatic nitrogens is 2. The zero-order valence-corrected chi connectivity index (χ0v) is 18.4. The number of hydrogen-bond acceptors (Lipinski definition) is 8. The highest BCUT2D eigenvalue weighted by atomic mass is 33.1. The third-order valence-corrected chi connectivity index (χ3v) is 7.39. The first kappa shape index (κ1) is 22.4.